The molecule has 0 amide bonds. The molecule has 0 saturated heterocycles. The summed E-state index contributed by atoms with van der Waals surface area (Å²) in [5.41, 5.74) is 2.22. The second-order valence-electron chi connectivity index (χ2n) is 5.09. The molecule has 0 spiro atoms. The summed E-state index contributed by atoms with van der Waals surface area (Å²) in [6, 6.07) is 6.15. The largest absolute Gasteiger partial charge is 0.494 e. The standard InChI is InChI=1S/C17H26FO/c1-4-6-8-15-10-16(14(3)13-18)12-17(11-15)19-9-7-5-2/h10-12H,4-9,13H2,1-3H3. The SMILES string of the molecule is CCCCOc1cc(CCCC)cc([C](C)CF)c1. The maximum absolute atomic E-state index is 12.8. The smallest absolute Gasteiger partial charge is 0.119 e. The quantitative estimate of drug-likeness (QED) is 0.563. The van der Waals surface area contributed by atoms with Crippen LogP contribution in [0.15, 0.2) is 18.2 Å². The van der Waals surface area contributed by atoms with Crippen molar-refractivity contribution in [2.75, 3.05) is 13.3 Å². The minimum Gasteiger partial charge on any atom is -0.494 e. The van der Waals surface area contributed by atoms with Gasteiger partial charge in [0.25, 0.3) is 0 Å². The predicted octanol–water partition coefficient (Wildman–Crippen LogP) is 5.12. The molecule has 1 radical (unpaired) electrons. The summed E-state index contributed by atoms with van der Waals surface area (Å²) >= 11 is 0. The first-order valence-electron chi connectivity index (χ1n) is 7.36. The highest BCUT2D eigenvalue weighted by Crippen LogP contribution is 2.24. The molecule has 0 unspecified atom stereocenters. The van der Waals surface area contributed by atoms with E-state index in [2.05, 4.69) is 26.0 Å². The van der Waals surface area contributed by atoms with Crippen LogP contribution in [0.3, 0.4) is 0 Å². The Labute approximate surface area is 117 Å². The summed E-state index contributed by atoms with van der Waals surface area (Å²) in [7, 11) is 0. The number of rotatable bonds is 9. The van der Waals surface area contributed by atoms with E-state index in [1.165, 1.54) is 12.0 Å². The maximum atomic E-state index is 12.8. The lowest BCUT2D eigenvalue weighted by molar-refractivity contribution is 0.309. The molecule has 2 heteroatoms. The minimum absolute atomic E-state index is 0.397. The summed E-state index contributed by atoms with van der Waals surface area (Å²) < 4.78 is 18.6. The number of alkyl halides is 1. The number of halogens is 1. The van der Waals surface area contributed by atoms with Crippen LogP contribution in [0.2, 0.25) is 0 Å². The van der Waals surface area contributed by atoms with Gasteiger partial charge in [0.2, 0.25) is 0 Å². The molecule has 0 aliphatic carbocycles. The highest BCUT2D eigenvalue weighted by molar-refractivity contribution is 5.41. The van der Waals surface area contributed by atoms with Crippen molar-refractivity contribution in [3.63, 3.8) is 0 Å². The van der Waals surface area contributed by atoms with E-state index >= 15 is 0 Å². The van der Waals surface area contributed by atoms with Crippen LogP contribution >= 0.6 is 0 Å². The molecule has 0 bridgehead atoms. The summed E-state index contributed by atoms with van der Waals surface area (Å²) in [5.74, 6) is 1.66. The molecule has 1 aromatic rings. The molecule has 1 nitrogen and oxygen atoms in total. The van der Waals surface area contributed by atoms with Crippen molar-refractivity contribution in [1.82, 2.24) is 0 Å². The van der Waals surface area contributed by atoms with Gasteiger partial charge in [0.1, 0.15) is 5.75 Å². The normalized spacial score (nSPS) is 11.0. The average molecular weight is 265 g/mol. The maximum Gasteiger partial charge on any atom is 0.119 e. The molecule has 19 heavy (non-hydrogen) atoms. The lowest BCUT2D eigenvalue weighted by atomic mass is 9.97. The Morgan fingerprint density at radius 3 is 2.47 bits per heavy atom. The first-order chi connectivity index (χ1) is 9.21. The van der Waals surface area contributed by atoms with E-state index in [1.807, 2.05) is 13.0 Å². The van der Waals surface area contributed by atoms with Gasteiger partial charge < -0.3 is 4.74 Å². The van der Waals surface area contributed by atoms with Crippen LogP contribution < -0.4 is 4.74 Å². The van der Waals surface area contributed by atoms with Gasteiger partial charge in [-0.2, -0.15) is 0 Å². The highest BCUT2D eigenvalue weighted by Gasteiger charge is 2.09. The molecular formula is C17H26FO. The van der Waals surface area contributed by atoms with Crippen LogP contribution in [0.25, 0.3) is 0 Å². The van der Waals surface area contributed by atoms with Gasteiger partial charge in [0.15, 0.2) is 0 Å². The Bertz CT molecular complexity index is 362. The van der Waals surface area contributed by atoms with Crippen LogP contribution in [0.4, 0.5) is 4.39 Å². The van der Waals surface area contributed by atoms with E-state index < -0.39 is 6.67 Å². The number of hydrogen-bond donors (Lipinski definition) is 0. The first-order valence-corrected chi connectivity index (χ1v) is 7.36. The number of ether oxygens (including phenoxy) is 1. The Hall–Kier alpha value is -1.05. The zero-order chi connectivity index (χ0) is 14.1. The molecule has 0 saturated carbocycles. The van der Waals surface area contributed by atoms with E-state index in [4.69, 9.17) is 4.74 Å². The predicted molar refractivity (Wildman–Crippen MR) is 79.5 cm³/mol. The minimum atomic E-state index is -0.397. The van der Waals surface area contributed by atoms with Crippen molar-refractivity contribution in [2.24, 2.45) is 0 Å². The van der Waals surface area contributed by atoms with Crippen LogP contribution in [-0.2, 0) is 6.42 Å². The monoisotopic (exact) mass is 265 g/mol. The van der Waals surface area contributed by atoms with E-state index in [0.717, 1.165) is 49.5 Å². The second-order valence-corrected chi connectivity index (χ2v) is 5.09. The van der Waals surface area contributed by atoms with Crippen molar-refractivity contribution in [2.45, 2.75) is 52.9 Å². The third-order valence-electron chi connectivity index (χ3n) is 3.25. The lowest BCUT2D eigenvalue weighted by Gasteiger charge is -2.13. The summed E-state index contributed by atoms with van der Waals surface area (Å²) in [6.45, 7) is 6.51. The van der Waals surface area contributed by atoms with Gasteiger partial charge in [0.05, 0.1) is 13.3 Å². The molecule has 107 valence electrons. The van der Waals surface area contributed by atoms with Gasteiger partial charge in [-0.15, -0.1) is 0 Å². The van der Waals surface area contributed by atoms with Crippen molar-refractivity contribution >= 4 is 0 Å². The van der Waals surface area contributed by atoms with Gasteiger partial charge in [-0.3, -0.25) is 4.39 Å². The summed E-state index contributed by atoms with van der Waals surface area (Å²) in [5, 5.41) is 0. The Morgan fingerprint density at radius 2 is 1.84 bits per heavy atom. The van der Waals surface area contributed by atoms with E-state index in [-0.39, 0.29) is 0 Å². The second kappa shape index (κ2) is 8.95. The van der Waals surface area contributed by atoms with E-state index in [9.17, 15) is 4.39 Å². The number of benzene rings is 1. The van der Waals surface area contributed by atoms with Gasteiger partial charge >= 0.3 is 0 Å². The molecule has 1 aromatic carbocycles. The van der Waals surface area contributed by atoms with Crippen molar-refractivity contribution < 1.29 is 9.13 Å². The Morgan fingerprint density at radius 1 is 1.11 bits per heavy atom. The summed E-state index contributed by atoms with van der Waals surface area (Å²) in [6.07, 6.45) is 5.54. The highest BCUT2D eigenvalue weighted by atomic mass is 19.1. The van der Waals surface area contributed by atoms with Crippen LogP contribution in [-0.4, -0.2) is 13.3 Å². The molecule has 0 heterocycles. The van der Waals surface area contributed by atoms with E-state index in [0.29, 0.717) is 0 Å². The van der Waals surface area contributed by atoms with Crippen LogP contribution in [0, 0.1) is 5.92 Å². The van der Waals surface area contributed by atoms with Crippen molar-refractivity contribution in [1.29, 1.82) is 0 Å². The lowest BCUT2D eigenvalue weighted by Crippen LogP contribution is -2.02. The molecular weight excluding hydrogens is 239 g/mol. The average Bonchev–Trinajstić information content (AvgIpc) is 2.44. The molecule has 0 aliphatic rings. The van der Waals surface area contributed by atoms with Crippen LogP contribution in [0.5, 0.6) is 5.75 Å². The van der Waals surface area contributed by atoms with Crippen molar-refractivity contribution in [3.05, 3.63) is 35.2 Å². The van der Waals surface area contributed by atoms with Gasteiger partial charge in [0, 0.05) is 5.92 Å². The summed E-state index contributed by atoms with van der Waals surface area (Å²) in [4.78, 5) is 0. The van der Waals surface area contributed by atoms with Gasteiger partial charge in [-0.1, -0.05) is 39.7 Å². The fourth-order valence-corrected chi connectivity index (χ4v) is 1.93. The number of aryl methyl sites for hydroxylation is 1. The molecule has 0 fully saturated rings. The van der Waals surface area contributed by atoms with Crippen molar-refractivity contribution in [3.8, 4) is 5.75 Å². The third kappa shape index (κ3) is 5.63. The van der Waals surface area contributed by atoms with Gasteiger partial charge in [-0.25, -0.2) is 0 Å². The molecule has 0 aliphatic heterocycles. The Kier molecular flexibility index (Phi) is 7.54. The Balaban J connectivity index is 2.82. The zero-order valence-corrected chi connectivity index (χ0v) is 12.5. The molecule has 0 atom stereocenters. The molecule has 0 N–H and O–H groups in total. The fourth-order valence-electron chi connectivity index (χ4n) is 1.93. The topological polar surface area (TPSA) is 9.23 Å². The van der Waals surface area contributed by atoms with Gasteiger partial charge in [-0.05, 0) is 42.5 Å². The number of unbranched alkanes of at least 4 members (excludes halogenated alkanes) is 2. The van der Waals surface area contributed by atoms with Crippen LogP contribution in [0.1, 0.15) is 57.6 Å². The molecule has 1 rings (SSSR count). The zero-order valence-electron chi connectivity index (χ0n) is 12.5. The number of hydrogen-bond acceptors (Lipinski definition) is 1. The fraction of sp³-hybridized carbons (Fsp3) is 0.588. The first kappa shape index (κ1) is 16.0. The third-order valence-corrected chi connectivity index (χ3v) is 3.25. The van der Waals surface area contributed by atoms with E-state index in [1.54, 1.807) is 0 Å². The molecule has 0 aromatic heterocycles.